The number of aromatic nitrogens is 1. The third-order valence-corrected chi connectivity index (χ3v) is 4.58. The summed E-state index contributed by atoms with van der Waals surface area (Å²) < 4.78 is 0. The highest BCUT2D eigenvalue weighted by Crippen LogP contribution is 2.29. The molecule has 1 N–H and O–H groups in total. The minimum absolute atomic E-state index is 0.402. The first-order chi connectivity index (χ1) is 8.33. The Hall–Kier alpha value is -0.450. The van der Waals surface area contributed by atoms with Gasteiger partial charge in [-0.15, -0.1) is 11.3 Å². The summed E-state index contributed by atoms with van der Waals surface area (Å²) in [5.41, 5.74) is 3.11. The zero-order chi connectivity index (χ0) is 11.7. The van der Waals surface area contributed by atoms with Crippen molar-refractivity contribution in [3.8, 4) is 0 Å². The van der Waals surface area contributed by atoms with Gasteiger partial charge in [0.1, 0.15) is 0 Å². The number of hydrogen-bond donors (Lipinski definition) is 1. The highest BCUT2D eigenvalue weighted by Gasteiger charge is 2.32. The fraction of sp³-hybridized carbons (Fsp3) is 0.769. The van der Waals surface area contributed by atoms with Crippen LogP contribution in [0.15, 0.2) is 10.9 Å². The van der Waals surface area contributed by atoms with E-state index < -0.39 is 0 Å². The third-order valence-electron chi connectivity index (χ3n) is 3.97. The van der Waals surface area contributed by atoms with Crippen molar-refractivity contribution in [2.45, 2.75) is 50.7 Å². The maximum absolute atomic E-state index is 4.38. The minimum atomic E-state index is 0.402. The molecule has 0 radical (unpaired) electrons. The summed E-state index contributed by atoms with van der Waals surface area (Å²) in [7, 11) is 0. The number of likely N-dealkylation sites (tertiary alicyclic amines) is 1. The average molecular weight is 251 g/mol. The fourth-order valence-electron chi connectivity index (χ4n) is 2.75. The van der Waals surface area contributed by atoms with E-state index in [1.165, 1.54) is 44.5 Å². The summed E-state index contributed by atoms with van der Waals surface area (Å²) in [6.45, 7) is 4.79. The van der Waals surface area contributed by atoms with Gasteiger partial charge in [0.25, 0.3) is 0 Å². The van der Waals surface area contributed by atoms with Crippen molar-refractivity contribution in [3.63, 3.8) is 0 Å². The molecule has 1 aliphatic carbocycles. The Kier molecular flexibility index (Phi) is 3.45. The van der Waals surface area contributed by atoms with Crippen LogP contribution < -0.4 is 5.32 Å². The molecule has 1 unspecified atom stereocenters. The number of rotatable bonds is 4. The molecule has 3 rings (SSSR count). The van der Waals surface area contributed by atoms with Gasteiger partial charge in [-0.1, -0.05) is 0 Å². The molecule has 0 aromatic carbocycles. The van der Waals surface area contributed by atoms with Crippen molar-refractivity contribution < 1.29 is 0 Å². The maximum Gasteiger partial charge on any atom is 0.0795 e. The number of hydrogen-bond acceptors (Lipinski definition) is 4. The van der Waals surface area contributed by atoms with E-state index in [1.54, 1.807) is 11.3 Å². The second-order valence-electron chi connectivity index (χ2n) is 5.34. The lowest BCUT2D eigenvalue weighted by molar-refractivity contribution is 0.184. The van der Waals surface area contributed by atoms with Gasteiger partial charge in [-0.2, -0.15) is 0 Å². The topological polar surface area (TPSA) is 28.2 Å². The Morgan fingerprint density at radius 2 is 2.12 bits per heavy atom. The minimum Gasteiger partial charge on any atom is -0.306 e. The predicted octanol–water partition coefficient (Wildman–Crippen LogP) is 2.42. The lowest BCUT2D eigenvalue weighted by Crippen LogP contribution is -2.44. The molecule has 1 saturated carbocycles. The van der Waals surface area contributed by atoms with Crippen molar-refractivity contribution in [2.75, 3.05) is 13.1 Å². The Bertz CT molecular complexity index is 340. The molecule has 1 atom stereocenters. The summed E-state index contributed by atoms with van der Waals surface area (Å²) >= 11 is 1.68. The van der Waals surface area contributed by atoms with Crippen molar-refractivity contribution in [3.05, 3.63) is 16.6 Å². The van der Waals surface area contributed by atoms with Gasteiger partial charge in [-0.05, 0) is 45.7 Å². The van der Waals surface area contributed by atoms with Crippen molar-refractivity contribution in [1.29, 1.82) is 0 Å². The number of nitrogens with zero attached hydrogens (tertiary/aromatic N) is 2. The van der Waals surface area contributed by atoms with E-state index in [0.717, 1.165) is 6.04 Å². The van der Waals surface area contributed by atoms with Gasteiger partial charge in [0.15, 0.2) is 0 Å². The predicted molar refractivity (Wildman–Crippen MR) is 71.3 cm³/mol. The fourth-order valence-corrected chi connectivity index (χ4v) is 3.39. The van der Waals surface area contributed by atoms with Gasteiger partial charge >= 0.3 is 0 Å². The number of thiazole rings is 1. The summed E-state index contributed by atoms with van der Waals surface area (Å²) in [5.74, 6) is 0. The first-order valence-corrected chi connectivity index (χ1v) is 7.65. The molecule has 1 saturated heterocycles. The molecule has 4 heteroatoms. The van der Waals surface area contributed by atoms with E-state index in [1.807, 2.05) is 5.51 Å². The van der Waals surface area contributed by atoms with E-state index in [4.69, 9.17) is 0 Å². The van der Waals surface area contributed by atoms with E-state index in [0.29, 0.717) is 12.1 Å². The molecule has 0 bridgehead atoms. The van der Waals surface area contributed by atoms with E-state index in [9.17, 15) is 0 Å². The van der Waals surface area contributed by atoms with Gasteiger partial charge < -0.3 is 10.2 Å². The largest absolute Gasteiger partial charge is 0.306 e. The van der Waals surface area contributed by atoms with Crippen molar-refractivity contribution in [1.82, 2.24) is 15.2 Å². The SMILES string of the molecule is CC(NC1CCN(C2CC2)CC1)c1cscn1. The molecule has 17 heavy (non-hydrogen) atoms. The van der Waals surface area contributed by atoms with Crippen LogP contribution in [0.2, 0.25) is 0 Å². The first-order valence-electron chi connectivity index (χ1n) is 6.71. The summed E-state index contributed by atoms with van der Waals surface area (Å²) in [4.78, 5) is 7.05. The van der Waals surface area contributed by atoms with Crippen molar-refractivity contribution in [2.24, 2.45) is 0 Å². The van der Waals surface area contributed by atoms with E-state index in [2.05, 4.69) is 27.5 Å². The van der Waals surface area contributed by atoms with Crippen LogP contribution in [0.1, 0.15) is 44.3 Å². The van der Waals surface area contributed by atoms with Gasteiger partial charge in [0.2, 0.25) is 0 Å². The second kappa shape index (κ2) is 5.04. The summed E-state index contributed by atoms with van der Waals surface area (Å²) in [6.07, 6.45) is 5.47. The second-order valence-corrected chi connectivity index (χ2v) is 6.06. The van der Waals surface area contributed by atoms with Crippen LogP contribution in [0.4, 0.5) is 0 Å². The van der Waals surface area contributed by atoms with Crippen molar-refractivity contribution >= 4 is 11.3 Å². The van der Waals surface area contributed by atoms with Crippen LogP contribution in [0, 0.1) is 0 Å². The van der Waals surface area contributed by atoms with Gasteiger partial charge in [0, 0.05) is 23.5 Å². The molecule has 1 aliphatic heterocycles. The average Bonchev–Trinajstić information content (AvgIpc) is 3.05. The van der Waals surface area contributed by atoms with Crippen LogP contribution in [-0.2, 0) is 0 Å². The molecule has 2 fully saturated rings. The van der Waals surface area contributed by atoms with Gasteiger partial charge in [0.05, 0.1) is 11.2 Å². The monoisotopic (exact) mass is 251 g/mol. The first kappa shape index (κ1) is 11.6. The molecule has 3 nitrogen and oxygen atoms in total. The van der Waals surface area contributed by atoms with E-state index in [-0.39, 0.29) is 0 Å². The van der Waals surface area contributed by atoms with Crippen LogP contribution >= 0.6 is 11.3 Å². The molecule has 1 aromatic heterocycles. The molecule has 94 valence electrons. The zero-order valence-electron chi connectivity index (χ0n) is 10.4. The molecular formula is C13H21N3S. The smallest absolute Gasteiger partial charge is 0.0795 e. The highest BCUT2D eigenvalue weighted by atomic mass is 32.1. The highest BCUT2D eigenvalue weighted by molar-refractivity contribution is 7.07. The maximum atomic E-state index is 4.38. The lowest BCUT2D eigenvalue weighted by Gasteiger charge is -2.33. The summed E-state index contributed by atoms with van der Waals surface area (Å²) in [6, 6.07) is 2.02. The standard InChI is InChI=1S/C13H21N3S/c1-10(13-8-17-9-14-13)15-11-4-6-16(7-5-11)12-2-3-12/h8-12,15H,2-7H2,1H3. The molecule has 0 amide bonds. The number of piperidine rings is 1. The lowest BCUT2D eigenvalue weighted by atomic mass is 10.0. The van der Waals surface area contributed by atoms with Crippen LogP contribution in [-0.4, -0.2) is 35.1 Å². The van der Waals surface area contributed by atoms with Crippen LogP contribution in [0.25, 0.3) is 0 Å². The molecule has 2 heterocycles. The Labute approximate surface area is 107 Å². The summed E-state index contributed by atoms with van der Waals surface area (Å²) in [5, 5.41) is 5.87. The quantitative estimate of drug-likeness (QED) is 0.891. The van der Waals surface area contributed by atoms with Crippen LogP contribution in [0.5, 0.6) is 0 Å². The van der Waals surface area contributed by atoms with E-state index >= 15 is 0 Å². The molecule has 2 aliphatic rings. The Morgan fingerprint density at radius 3 is 2.71 bits per heavy atom. The zero-order valence-corrected chi connectivity index (χ0v) is 11.2. The van der Waals surface area contributed by atoms with Gasteiger partial charge in [-0.3, -0.25) is 0 Å². The number of nitrogens with one attached hydrogen (secondary N) is 1. The molecule has 0 spiro atoms. The Morgan fingerprint density at radius 1 is 1.35 bits per heavy atom. The van der Waals surface area contributed by atoms with Crippen LogP contribution in [0.3, 0.4) is 0 Å². The molecular weight excluding hydrogens is 230 g/mol. The van der Waals surface area contributed by atoms with Gasteiger partial charge in [-0.25, -0.2) is 4.98 Å². The molecule has 1 aromatic rings. The third kappa shape index (κ3) is 2.87. The normalized spacial score (nSPS) is 25.0. The Balaban J connectivity index is 1.46.